The Bertz CT molecular complexity index is 66.3. The third kappa shape index (κ3) is 7.96. The molecule has 56 valence electrons. The van der Waals surface area contributed by atoms with Crippen LogP contribution in [0, 0.1) is 0 Å². The maximum absolute atomic E-state index is 8.97. The number of hydrogen-bond acceptors (Lipinski definition) is 1. The molecule has 1 heteroatoms. The van der Waals surface area contributed by atoms with Crippen LogP contribution < -0.4 is 0 Å². The largest absolute Gasteiger partial charge is 0.393 e. The number of aliphatic hydroxyl groups excluding tert-OH is 1. The second-order valence-corrected chi connectivity index (χ2v) is 2.50. The minimum Gasteiger partial charge on any atom is -0.393 e. The highest BCUT2D eigenvalue weighted by molar-refractivity contribution is 4.47. The minimum absolute atomic E-state index is 0.159. The van der Waals surface area contributed by atoms with Crippen molar-refractivity contribution in [1.82, 2.24) is 0 Å². The summed E-state index contributed by atoms with van der Waals surface area (Å²) in [4.78, 5) is 0. The van der Waals surface area contributed by atoms with E-state index in [2.05, 4.69) is 6.92 Å². The van der Waals surface area contributed by atoms with Crippen LogP contribution in [0.1, 0.15) is 47.3 Å². The summed E-state index contributed by atoms with van der Waals surface area (Å²) in [5.74, 6) is 0. The maximum atomic E-state index is 8.97. The molecule has 9 heavy (non-hydrogen) atoms. The predicted octanol–water partition coefficient (Wildman–Crippen LogP) is 2.34. The van der Waals surface area contributed by atoms with Gasteiger partial charge in [0.25, 0.3) is 0 Å². The smallest absolute Gasteiger partial charge is 0.0512 e. The summed E-state index contributed by atoms with van der Waals surface area (Å²) in [5.41, 5.74) is 0. The van der Waals surface area contributed by atoms with Gasteiger partial charge in [-0.3, -0.25) is 0 Å². The molecule has 0 rings (SSSR count). The van der Waals surface area contributed by atoms with Crippen molar-refractivity contribution in [1.29, 1.82) is 0 Å². The fourth-order valence-corrected chi connectivity index (χ4v) is 0.807. The molecular formula is C8H18O. The van der Waals surface area contributed by atoms with E-state index in [1.54, 1.807) is 0 Å². The van der Waals surface area contributed by atoms with Crippen molar-refractivity contribution in [2.45, 2.75) is 52.0 Å². The van der Waals surface area contributed by atoms with E-state index < -0.39 is 0 Å². The van der Waals surface area contributed by atoms with Gasteiger partial charge in [0.1, 0.15) is 0 Å². The van der Waals surface area contributed by atoms with Gasteiger partial charge < -0.3 is 5.11 Å². The van der Waals surface area contributed by atoms with E-state index >= 15 is 0 Å². The molecule has 0 amide bonds. The van der Waals surface area contributed by atoms with Gasteiger partial charge in [-0.1, -0.05) is 32.6 Å². The second-order valence-electron chi connectivity index (χ2n) is 2.50. The SMILES string of the molecule is [2H]CC(O)CCCCCC. The molecule has 0 aromatic heterocycles. The van der Waals surface area contributed by atoms with Gasteiger partial charge in [0.05, 0.1) is 6.10 Å². The zero-order valence-corrected chi connectivity index (χ0v) is 6.27. The summed E-state index contributed by atoms with van der Waals surface area (Å²) >= 11 is 0. The molecule has 0 spiro atoms. The number of aliphatic hydroxyl groups is 1. The van der Waals surface area contributed by atoms with Crippen molar-refractivity contribution >= 4 is 0 Å². The summed E-state index contributed by atoms with van der Waals surface area (Å²) in [7, 11) is 0. The van der Waals surface area contributed by atoms with E-state index in [4.69, 9.17) is 6.48 Å². The highest BCUT2D eigenvalue weighted by atomic mass is 16.3. The third-order valence-corrected chi connectivity index (χ3v) is 1.39. The Balaban J connectivity index is 2.89. The van der Waals surface area contributed by atoms with Gasteiger partial charge in [0.2, 0.25) is 0 Å². The van der Waals surface area contributed by atoms with Gasteiger partial charge in [-0.25, -0.2) is 0 Å². The lowest BCUT2D eigenvalue weighted by Crippen LogP contribution is -1.97. The number of hydrogen-bond donors (Lipinski definition) is 1. The molecule has 0 saturated carbocycles. The second kappa shape index (κ2) is 6.09. The van der Waals surface area contributed by atoms with Gasteiger partial charge in [-0.05, 0) is 13.3 Å². The van der Waals surface area contributed by atoms with E-state index in [9.17, 15) is 0 Å². The monoisotopic (exact) mass is 131 g/mol. The summed E-state index contributed by atoms with van der Waals surface area (Å²) in [5, 5.41) is 8.97. The van der Waals surface area contributed by atoms with Gasteiger partial charge in [-0.15, -0.1) is 0 Å². The van der Waals surface area contributed by atoms with Crippen LogP contribution in [-0.4, -0.2) is 11.2 Å². The summed E-state index contributed by atoms with van der Waals surface area (Å²) in [6, 6.07) is 0. The molecule has 1 unspecified atom stereocenters. The first-order valence-electron chi connectivity index (χ1n) is 4.49. The van der Waals surface area contributed by atoms with Crippen molar-refractivity contribution < 1.29 is 6.48 Å². The molecule has 0 aliphatic carbocycles. The fraction of sp³-hybridized carbons (Fsp3) is 1.00. The molecule has 0 bridgehead atoms. The van der Waals surface area contributed by atoms with Crippen LogP contribution in [0.15, 0.2) is 0 Å². The van der Waals surface area contributed by atoms with Crippen LogP contribution in [0.25, 0.3) is 0 Å². The molecule has 1 N–H and O–H groups in total. The average molecular weight is 131 g/mol. The maximum Gasteiger partial charge on any atom is 0.0512 e. The van der Waals surface area contributed by atoms with Gasteiger partial charge in [0.15, 0.2) is 0 Å². The van der Waals surface area contributed by atoms with E-state index in [0.29, 0.717) is 0 Å². The van der Waals surface area contributed by atoms with E-state index in [-0.39, 0.29) is 13.0 Å². The lowest BCUT2D eigenvalue weighted by Gasteiger charge is -2.01. The van der Waals surface area contributed by atoms with Crippen LogP contribution in [0.4, 0.5) is 0 Å². The van der Waals surface area contributed by atoms with Crippen LogP contribution in [-0.2, 0) is 0 Å². The molecular weight excluding hydrogens is 112 g/mol. The zero-order chi connectivity index (χ0) is 7.82. The highest BCUT2D eigenvalue weighted by Gasteiger charge is 1.93. The molecule has 0 radical (unpaired) electrons. The normalized spacial score (nSPS) is 15.1. The van der Waals surface area contributed by atoms with Crippen molar-refractivity contribution in [2.75, 3.05) is 0 Å². The number of rotatable bonds is 5. The van der Waals surface area contributed by atoms with Crippen LogP contribution in [0.2, 0.25) is 0 Å². The quantitative estimate of drug-likeness (QED) is 0.568. The number of unbranched alkanes of at least 4 members (excludes halogenated alkanes) is 3. The zero-order valence-electron chi connectivity index (χ0n) is 7.27. The molecule has 0 aliphatic rings. The predicted molar refractivity (Wildman–Crippen MR) is 40.4 cm³/mol. The van der Waals surface area contributed by atoms with E-state index in [0.717, 1.165) is 12.8 Å². The van der Waals surface area contributed by atoms with E-state index in [1.807, 2.05) is 0 Å². The van der Waals surface area contributed by atoms with Crippen molar-refractivity contribution in [3.8, 4) is 0 Å². The summed E-state index contributed by atoms with van der Waals surface area (Å²) in [6.45, 7) is 2.33. The Morgan fingerprint density at radius 2 is 2.22 bits per heavy atom. The first kappa shape index (κ1) is 7.07. The van der Waals surface area contributed by atoms with Crippen LogP contribution in [0.3, 0.4) is 0 Å². The van der Waals surface area contributed by atoms with Crippen molar-refractivity contribution in [3.63, 3.8) is 0 Å². The molecule has 0 fully saturated rings. The third-order valence-electron chi connectivity index (χ3n) is 1.39. The Hall–Kier alpha value is -0.0400. The summed E-state index contributed by atoms with van der Waals surface area (Å²) < 4.78 is 6.84. The lowest BCUT2D eigenvalue weighted by atomic mass is 10.1. The molecule has 0 saturated heterocycles. The Kier molecular flexibility index (Phi) is 4.78. The fourth-order valence-electron chi connectivity index (χ4n) is 0.807. The molecule has 0 aromatic rings. The Morgan fingerprint density at radius 3 is 2.78 bits per heavy atom. The Morgan fingerprint density at radius 1 is 1.44 bits per heavy atom. The Labute approximate surface area is 59.5 Å². The molecule has 1 atom stereocenters. The topological polar surface area (TPSA) is 20.2 Å². The van der Waals surface area contributed by atoms with Gasteiger partial charge >= 0.3 is 0 Å². The van der Waals surface area contributed by atoms with E-state index in [1.165, 1.54) is 19.3 Å². The summed E-state index contributed by atoms with van der Waals surface area (Å²) in [6.07, 6.45) is 5.20. The van der Waals surface area contributed by atoms with Crippen molar-refractivity contribution in [3.05, 3.63) is 0 Å². The highest BCUT2D eigenvalue weighted by Crippen LogP contribution is 2.04. The van der Waals surface area contributed by atoms with Crippen LogP contribution in [0.5, 0.6) is 0 Å². The van der Waals surface area contributed by atoms with Crippen LogP contribution >= 0.6 is 0 Å². The first-order chi connectivity index (χ1) is 4.81. The standard InChI is InChI=1S/C8H18O/c1-3-4-5-6-7-8(2)9/h8-9H,3-7H2,1-2H3/i2D. The first-order valence-corrected chi connectivity index (χ1v) is 3.78. The molecule has 0 aliphatic heterocycles. The van der Waals surface area contributed by atoms with Gasteiger partial charge in [-0.2, -0.15) is 0 Å². The van der Waals surface area contributed by atoms with Crippen molar-refractivity contribution in [2.24, 2.45) is 0 Å². The van der Waals surface area contributed by atoms with Gasteiger partial charge in [0, 0.05) is 1.37 Å². The molecule has 1 nitrogen and oxygen atoms in total. The minimum atomic E-state index is -0.378. The average Bonchev–Trinajstić information content (AvgIpc) is 1.98. The molecule has 0 aromatic carbocycles. The lowest BCUT2D eigenvalue weighted by molar-refractivity contribution is 0.180. The molecule has 0 heterocycles.